The number of benzene rings is 1. The van der Waals surface area contributed by atoms with Crippen LogP contribution in [0.5, 0.6) is 0 Å². The first-order valence-corrected chi connectivity index (χ1v) is 11.4. The smallest absolute Gasteiger partial charge is 0.338 e. The molecule has 1 heterocycles. The van der Waals surface area contributed by atoms with Gasteiger partial charge in [-0.1, -0.05) is 71.3 Å². The fourth-order valence-corrected chi connectivity index (χ4v) is 3.55. The molecular formula is C24H37FO4. The number of hydrogen-bond acceptors (Lipinski definition) is 4. The number of esters is 1. The molecule has 0 amide bonds. The van der Waals surface area contributed by atoms with Crippen molar-refractivity contribution in [3.63, 3.8) is 0 Å². The predicted octanol–water partition coefficient (Wildman–Crippen LogP) is 6.58. The highest BCUT2D eigenvalue weighted by Gasteiger charge is 2.26. The van der Waals surface area contributed by atoms with Gasteiger partial charge in [0.1, 0.15) is 5.82 Å². The van der Waals surface area contributed by atoms with Gasteiger partial charge in [-0.15, -0.1) is 0 Å². The van der Waals surface area contributed by atoms with Crippen molar-refractivity contribution in [2.75, 3.05) is 19.8 Å². The van der Waals surface area contributed by atoms with Gasteiger partial charge in [-0.25, -0.2) is 9.18 Å². The molecule has 0 saturated carbocycles. The predicted molar refractivity (Wildman–Crippen MR) is 112 cm³/mol. The molecule has 0 aromatic heterocycles. The summed E-state index contributed by atoms with van der Waals surface area (Å²) in [5.41, 5.74) is 0.565. The maximum atomic E-state index is 14.5. The Kier molecular flexibility index (Phi) is 11.3. The Bertz CT molecular complexity index is 597. The molecule has 2 rings (SSSR count). The van der Waals surface area contributed by atoms with Crippen LogP contribution in [0.1, 0.15) is 100 Å². The fourth-order valence-electron chi connectivity index (χ4n) is 3.55. The van der Waals surface area contributed by atoms with Crippen molar-refractivity contribution in [3.05, 3.63) is 35.1 Å². The zero-order valence-electron chi connectivity index (χ0n) is 18.1. The van der Waals surface area contributed by atoms with Gasteiger partial charge in [0.25, 0.3) is 0 Å². The minimum Gasteiger partial charge on any atom is -0.462 e. The van der Waals surface area contributed by atoms with E-state index in [0.717, 1.165) is 25.7 Å². The lowest BCUT2D eigenvalue weighted by molar-refractivity contribution is -0.207. The van der Waals surface area contributed by atoms with Gasteiger partial charge in [0, 0.05) is 11.5 Å². The third-order valence-electron chi connectivity index (χ3n) is 5.40. The maximum absolute atomic E-state index is 14.5. The lowest BCUT2D eigenvalue weighted by atomic mass is 10.0. The molecular weight excluding hydrogens is 371 g/mol. The van der Waals surface area contributed by atoms with Crippen LogP contribution in [0.15, 0.2) is 18.2 Å². The summed E-state index contributed by atoms with van der Waals surface area (Å²) in [6.07, 6.45) is 10.7. The first-order chi connectivity index (χ1) is 14.2. The zero-order chi connectivity index (χ0) is 20.9. The van der Waals surface area contributed by atoms with E-state index in [0.29, 0.717) is 31.3 Å². The van der Waals surface area contributed by atoms with Crippen LogP contribution in [0, 0.1) is 11.7 Å². The molecule has 29 heavy (non-hydrogen) atoms. The Morgan fingerprint density at radius 1 is 1.00 bits per heavy atom. The molecule has 1 aliphatic rings. The zero-order valence-corrected chi connectivity index (χ0v) is 18.1. The van der Waals surface area contributed by atoms with Crippen molar-refractivity contribution in [2.24, 2.45) is 5.92 Å². The summed E-state index contributed by atoms with van der Waals surface area (Å²) in [6, 6.07) is 4.37. The van der Waals surface area contributed by atoms with Crippen molar-refractivity contribution >= 4 is 5.97 Å². The van der Waals surface area contributed by atoms with Gasteiger partial charge in [-0.3, -0.25) is 0 Å². The normalized spacial score (nSPS) is 19.3. The Morgan fingerprint density at radius 2 is 1.66 bits per heavy atom. The average Bonchev–Trinajstić information content (AvgIpc) is 2.74. The van der Waals surface area contributed by atoms with Crippen LogP contribution >= 0.6 is 0 Å². The SMILES string of the molecule is CCCCCCCOC(=O)c1ccc(C2OCC(CCCCCC)CO2)c(F)c1. The van der Waals surface area contributed by atoms with Crippen LogP contribution in [-0.2, 0) is 14.2 Å². The van der Waals surface area contributed by atoms with Gasteiger partial charge in [-0.2, -0.15) is 0 Å². The van der Waals surface area contributed by atoms with E-state index >= 15 is 0 Å². The standard InChI is InChI=1S/C24H37FO4/c1-3-5-7-9-11-15-27-23(26)20-13-14-21(22(25)16-20)24-28-17-19(18-29-24)12-10-8-6-4-2/h13-14,16,19,24H,3-12,15,17-18H2,1-2H3. The van der Waals surface area contributed by atoms with Crippen LogP contribution in [0.4, 0.5) is 4.39 Å². The highest BCUT2D eigenvalue weighted by Crippen LogP contribution is 2.29. The van der Waals surface area contributed by atoms with Crippen molar-refractivity contribution in [2.45, 2.75) is 84.3 Å². The second-order valence-electron chi connectivity index (χ2n) is 8.00. The Labute approximate surface area is 175 Å². The number of halogens is 1. The minimum absolute atomic E-state index is 0.226. The number of carbonyl (C=O) groups is 1. The Balaban J connectivity index is 1.75. The molecule has 0 bridgehead atoms. The first kappa shape index (κ1) is 23.8. The van der Waals surface area contributed by atoms with Crippen molar-refractivity contribution in [1.82, 2.24) is 0 Å². The number of ether oxygens (including phenoxy) is 3. The molecule has 164 valence electrons. The van der Waals surface area contributed by atoms with E-state index in [1.165, 1.54) is 44.6 Å². The second-order valence-corrected chi connectivity index (χ2v) is 8.00. The monoisotopic (exact) mass is 408 g/mol. The maximum Gasteiger partial charge on any atom is 0.338 e. The molecule has 0 unspecified atom stereocenters. The highest BCUT2D eigenvalue weighted by molar-refractivity contribution is 5.89. The summed E-state index contributed by atoms with van der Waals surface area (Å²) in [7, 11) is 0. The third-order valence-corrected chi connectivity index (χ3v) is 5.40. The highest BCUT2D eigenvalue weighted by atomic mass is 19.1. The van der Waals surface area contributed by atoms with Gasteiger partial charge < -0.3 is 14.2 Å². The molecule has 0 N–H and O–H groups in total. The van der Waals surface area contributed by atoms with Gasteiger partial charge >= 0.3 is 5.97 Å². The largest absolute Gasteiger partial charge is 0.462 e. The lowest BCUT2D eigenvalue weighted by Gasteiger charge is -2.30. The molecule has 1 fully saturated rings. The van der Waals surface area contributed by atoms with Crippen molar-refractivity contribution < 1.29 is 23.4 Å². The summed E-state index contributed by atoms with van der Waals surface area (Å²) in [4.78, 5) is 12.1. The molecule has 1 aliphatic heterocycles. The average molecular weight is 409 g/mol. The lowest BCUT2D eigenvalue weighted by Crippen LogP contribution is -2.27. The van der Waals surface area contributed by atoms with E-state index in [1.54, 1.807) is 12.1 Å². The number of unbranched alkanes of at least 4 members (excludes halogenated alkanes) is 7. The topological polar surface area (TPSA) is 44.8 Å². The van der Waals surface area contributed by atoms with E-state index in [-0.39, 0.29) is 5.56 Å². The van der Waals surface area contributed by atoms with E-state index < -0.39 is 18.1 Å². The molecule has 1 aromatic rings. The molecule has 0 spiro atoms. The van der Waals surface area contributed by atoms with Crippen LogP contribution in [0.2, 0.25) is 0 Å². The molecule has 0 aliphatic carbocycles. The van der Waals surface area contributed by atoms with E-state index in [9.17, 15) is 9.18 Å². The second kappa shape index (κ2) is 13.7. The van der Waals surface area contributed by atoms with Crippen LogP contribution in [0.25, 0.3) is 0 Å². The fraction of sp³-hybridized carbons (Fsp3) is 0.708. The van der Waals surface area contributed by atoms with Crippen molar-refractivity contribution in [1.29, 1.82) is 0 Å². The summed E-state index contributed by atoms with van der Waals surface area (Å²) in [6.45, 7) is 5.90. The van der Waals surface area contributed by atoms with Gasteiger partial charge in [0.15, 0.2) is 6.29 Å². The molecule has 0 radical (unpaired) electrons. The summed E-state index contributed by atoms with van der Waals surface area (Å²) in [5.74, 6) is -0.602. The quantitative estimate of drug-likeness (QED) is 0.273. The van der Waals surface area contributed by atoms with Gasteiger partial charge in [0.2, 0.25) is 0 Å². The Morgan fingerprint density at radius 3 is 2.31 bits per heavy atom. The first-order valence-electron chi connectivity index (χ1n) is 11.4. The number of hydrogen-bond donors (Lipinski definition) is 0. The summed E-state index contributed by atoms with van der Waals surface area (Å²) < 4.78 is 31.3. The van der Waals surface area contributed by atoms with E-state index in [4.69, 9.17) is 14.2 Å². The van der Waals surface area contributed by atoms with Gasteiger partial charge in [-0.05, 0) is 25.0 Å². The molecule has 4 nitrogen and oxygen atoms in total. The van der Waals surface area contributed by atoms with Crippen molar-refractivity contribution in [3.8, 4) is 0 Å². The third kappa shape index (κ3) is 8.43. The summed E-state index contributed by atoms with van der Waals surface area (Å²) >= 11 is 0. The summed E-state index contributed by atoms with van der Waals surface area (Å²) in [5, 5.41) is 0. The number of carbonyl (C=O) groups excluding carboxylic acids is 1. The minimum atomic E-state index is -0.703. The van der Waals surface area contributed by atoms with Crippen LogP contribution in [0.3, 0.4) is 0 Å². The van der Waals surface area contributed by atoms with Crippen LogP contribution < -0.4 is 0 Å². The Hall–Kier alpha value is -1.46. The van der Waals surface area contributed by atoms with E-state index in [2.05, 4.69) is 13.8 Å². The van der Waals surface area contributed by atoms with Gasteiger partial charge in [0.05, 0.1) is 25.4 Å². The molecule has 1 saturated heterocycles. The van der Waals surface area contributed by atoms with Crippen LogP contribution in [-0.4, -0.2) is 25.8 Å². The molecule has 1 aromatic carbocycles. The van der Waals surface area contributed by atoms with E-state index in [1.807, 2.05) is 0 Å². The molecule has 0 atom stereocenters. The molecule has 5 heteroatoms. The number of rotatable bonds is 13.